The van der Waals surface area contributed by atoms with Crippen LogP contribution in [-0.4, -0.2) is 10.5 Å². The average molecular weight is 417 g/mol. The highest BCUT2D eigenvalue weighted by Crippen LogP contribution is 2.25. The van der Waals surface area contributed by atoms with Crippen LogP contribution < -0.4 is 5.32 Å². The normalized spacial score (nSPS) is 11.0. The molecule has 152 valence electrons. The van der Waals surface area contributed by atoms with Gasteiger partial charge in [-0.1, -0.05) is 72.3 Å². The van der Waals surface area contributed by atoms with Crippen LogP contribution in [0.15, 0.2) is 79.0 Å². The Morgan fingerprint density at radius 3 is 2.40 bits per heavy atom. The number of benzene rings is 3. The summed E-state index contributed by atoms with van der Waals surface area (Å²) in [6, 6.07) is 24.4. The van der Waals surface area contributed by atoms with Crippen molar-refractivity contribution in [2.45, 2.75) is 32.9 Å². The van der Waals surface area contributed by atoms with Gasteiger partial charge >= 0.3 is 0 Å². The summed E-state index contributed by atoms with van der Waals surface area (Å²) in [5.41, 5.74) is 5.78. The summed E-state index contributed by atoms with van der Waals surface area (Å²) in [5, 5.41) is 5.01. The minimum absolute atomic E-state index is 0.0705. The molecule has 1 N–H and O–H groups in total. The van der Waals surface area contributed by atoms with Crippen molar-refractivity contribution in [3.05, 3.63) is 106 Å². The quantitative estimate of drug-likeness (QED) is 0.399. The van der Waals surface area contributed by atoms with E-state index in [-0.39, 0.29) is 5.91 Å². The fourth-order valence-electron chi connectivity index (χ4n) is 3.80. The maximum Gasteiger partial charge on any atom is 0.220 e. The van der Waals surface area contributed by atoms with E-state index in [1.54, 1.807) is 0 Å². The number of hydrogen-bond donors (Lipinski definition) is 1. The first kappa shape index (κ1) is 20.2. The van der Waals surface area contributed by atoms with E-state index < -0.39 is 0 Å². The highest BCUT2D eigenvalue weighted by Gasteiger charge is 2.11. The molecular weight excluding hydrogens is 392 g/mol. The molecule has 0 atom stereocenters. The Bertz CT molecular complexity index is 1180. The molecule has 0 spiro atoms. The number of para-hydroxylation sites is 1. The summed E-state index contributed by atoms with van der Waals surface area (Å²) in [4.78, 5) is 12.4. The third kappa shape index (κ3) is 4.58. The average Bonchev–Trinajstić information content (AvgIpc) is 3.11. The number of rotatable bonds is 7. The largest absolute Gasteiger partial charge is 0.352 e. The first-order chi connectivity index (χ1) is 14.6. The molecule has 4 aromatic rings. The van der Waals surface area contributed by atoms with Gasteiger partial charge in [0.25, 0.3) is 0 Å². The molecule has 0 saturated heterocycles. The second-order valence-electron chi connectivity index (χ2n) is 7.59. The van der Waals surface area contributed by atoms with E-state index in [1.807, 2.05) is 42.5 Å². The molecule has 4 heteroatoms. The van der Waals surface area contributed by atoms with E-state index in [1.165, 1.54) is 16.5 Å². The molecule has 0 aliphatic rings. The van der Waals surface area contributed by atoms with E-state index in [0.29, 0.717) is 25.9 Å². The van der Waals surface area contributed by atoms with Crippen molar-refractivity contribution in [1.82, 2.24) is 9.88 Å². The van der Waals surface area contributed by atoms with Gasteiger partial charge in [-0.15, -0.1) is 0 Å². The Morgan fingerprint density at radius 1 is 0.900 bits per heavy atom. The number of fused-ring (bicyclic) bond motifs is 1. The van der Waals surface area contributed by atoms with Crippen molar-refractivity contribution in [2.24, 2.45) is 0 Å². The van der Waals surface area contributed by atoms with Gasteiger partial charge in [0, 0.05) is 41.6 Å². The zero-order chi connectivity index (χ0) is 20.9. The van der Waals surface area contributed by atoms with Gasteiger partial charge in [-0.25, -0.2) is 0 Å². The molecule has 1 aromatic heterocycles. The monoisotopic (exact) mass is 416 g/mol. The Morgan fingerprint density at radius 2 is 1.60 bits per heavy atom. The third-order valence-corrected chi connectivity index (χ3v) is 5.90. The van der Waals surface area contributed by atoms with E-state index in [2.05, 4.69) is 53.3 Å². The highest BCUT2D eigenvalue weighted by molar-refractivity contribution is 6.31. The molecule has 0 aliphatic heterocycles. The Hall–Kier alpha value is -3.04. The van der Waals surface area contributed by atoms with Crippen LogP contribution in [0, 0.1) is 6.92 Å². The van der Waals surface area contributed by atoms with Crippen molar-refractivity contribution in [1.29, 1.82) is 0 Å². The second-order valence-corrected chi connectivity index (χ2v) is 8.00. The molecular formula is C26H25ClN2O. The molecule has 1 heterocycles. The van der Waals surface area contributed by atoms with Crippen LogP contribution >= 0.6 is 11.6 Å². The molecule has 1 amide bonds. The topological polar surface area (TPSA) is 34.0 Å². The SMILES string of the molecule is Cc1ccccc1CNC(=O)CCc1cn(Cc2ccccc2Cl)c2ccccc12. The van der Waals surface area contributed by atoms with Crippen LogP contribution in [0.5, 0.6) is 0 Å². The third-order valence-electron chi connectivity index (χ3n) is 5.53. The second kappa shape index (κ2) is 9.19. The molecule has 0 bridgehead atoms. The molecule has 3 aromatic carbocycles. The van der Waals surface area contributed by atoms with E-state index in [9.17, 15) is 4.79 Å². The molecule has 0 aliphatic carbocycles. The zero-order valence-electron chi connectivity index (χ0n) is 17.1. The van der Waals surface area contributed by atoms with Gasteiger partial charge < -0.3 is 9.88 Å². The number of halogens is 1. The number of aryl methyl sites for hydroxylation is 2. The number of nitrogens with one attached hydrogen (secondary N) is 1. The molecule has 0 radical (unpaired) electrons. The van der Waals surface area contributed by atoms with Crippen LogP contribution in [-0.2, 0) is 24.3 Å². The van der Waals surface area contributed by atoms with E-state index in [0.717, 1.165) is 21.7 Å². The Balaban J connectivity index is 1.46. The van der Waals surface area contributed by atoms with E-state index in [4.69, 9.17) is 11.6 Å². The number of hydrogen-bond acceptors (Lipinski definition) is 1. The van der Waals surface area contributed by atoms with Crippen molar-refractivity contribution < 1.29 is 4.79 Å². The van der Waals surface area contributed by atoms with Gasteiger partial charge in [-0.2, -0.15) is 0 Å². The fraction of sp³-hybridized carbons (Fsp3) is 0.192. The predicted molar refractivity (Wildman–Crippen MR) is 124 cm³/mol. The lowest BCUT2D eigenvalue weighted by atomic mass is 10.1. The standard InChI is InChI=1S/C26H25ClN2O/c1-19-8-2-3-9-20(19)16-28-26(30)15-14-21-17-29(25-13-7-5-11-23(21)25)18-22-10-4-6-12-24(22)27/h2-13,17H,14-16,18H2,1H3,(H,28,30). The molecule has 4 rings (SSSR count). The fourth-order valence-corrected chi connectivity index (χ4v) is 4.00. The summed E-state index contributed by atoms with van der Waals surface area (Å²) in [6.45, 7) is 3.34. The predicted octanol–water partition coefficient (Wildman–Crippen LogP) is 5.90. The number of amides is 1. The minimum atomic E-state index is 0.0705. The lowest BCUT2D eigenvalue weighted by Gasteiger charge is -2.08. The summed E-state index contributed by atoms with van der Waals surface area (Å²) >= 11 is 6.36. The highest BCUT2D eigenvalue weighted by atomic mass is 35.5. The number of aromatic nitrogens is 1. The van der Waals surface area contributed by atoms with Crippen LogP contribution in [0.1, 0.15) is 28.7 Å². The zero-order valence-corrected chi connectivity index (χ0v) is 17.8. The van der Waals surface area contributed by atoms with Crippen LogP contribution in [0.2, 0.25) is 5.02 Å². The summed E-state index contributed by atoms with van der Waals surface area (Å²) in [5.74, 6) is 0.0705. The van der Waals surface area contributed by atoms with Gasteiger partial charge in [0.1, 0.15) is 0 Å². The first-order valence-corrected chi connectivity index (χ1v) is 10.6. The van der Waals surface area contributed by atoms with Gasteiger partial charge in [0.05, 0.1) is 0 Å². The van der Waals surface area contributed by atoms with Crippen molar-refractivity contribution >= 4 is 28.4 Å². The van der Waals surface area contributed by atoms with Gasteiger partial charge in [-0.05, 0) is 47.7 Å². The number of carbonyl (C=O) groups is 1. The maximum absolute atomic E-state index is 12.4. The lowest BCUT2D eigenvalue weighted by Crippen LogP contribution is -2.23. The van der Waals surface area contributed by atoms with Crippen LogP contribution in [0.25, 0.3) is 10.9 Å². The molecule has 0 saturated carbocycles. The van der Waals surface area contributed by atoms with Crippen molar-refractivity contribution in [3.63, 3.8) is 0 Å². The summed E-state index contributed by atoms with van der Waals surface area (Å²) < 4.78 is 2.22. The van der Waals surface area contributed by atoms with Crippen molar-refractivity contribution in [2.75, 3.05) is 0 Å². The van der Waals surface area contributed by atoms with Gasteiger partial charge in [-0.3, -0.25) is 4.79 Å². The van der Waals surface area contributed by atoms with Crippen molar-refractivity contribution in [3.8, 4) is 0 Å². The summed E-state index contributed by atoms with van der Waals surface area (Å²) in [6.07, 6.45) is 3.32. The van der Waals surface area contributed by atoms with Crippen LogP contribution in [0.4, 0.5) is 0 Å². The van der Waals surface area contributed by atoms with Gasteiger partial charge in [0.15, 0.2) is 0 Å². The van der Waals surface area contributed by atoms with Crippen LogP contribution in [0.3, 0.4) is 0 Å². The molecule has 0 fully saturated rings. The Labute approximate surface area is 182 Å². The Kier molecular flexibility index (Phi) is 6.20. The number of carbonyl (C=O) groups excluding carboxylic acids is 1. The maximum atomic E-state index is 12.4. The molecule has 30 heavy (non-hydrogen) atoms. The molecule has 3 nitrogen and oxygen atoms in total. The smallest absolute Gasteiger partial charge is 0.220 e. The minimum Gasteiger partial charge on any atom is -0.352 e. The number of nitrogens with zero attached hydrogens (tertiary/aromatic N) is 1. The van der Waals surface area contributed by atoms with Gasteiger partial charge in [0.2, 0.25) is 5.91 Å². The lowest BCUT2D eigenvalue weighted by molar-refractivity contribution is -0.121. The molecule has 0 unspecified atom stereocenters. The summed E-state index contributed by atoms with van der Waals surface area (Å²) in [7, 11) is 0. The van der Waals surface area contributed by atoms with E-state index >= 15 is 0 Å². The first-order valence-electron chi connectivity index (χ1n) is 10.2.